The summed E-state index contributed by atoms with van der Waals surface area (Å²) in [7, 11) is 0. The lowest BCUT2D eigenvalue weighted by Crippen LogP contribution is -2.11. The van der Waals surface area contributed by atoms with E-state index in [9.17, 15) is 0 Å². The molecule has 1 aromatic carbocycles. The van der Waals surface area contributed by atoms with Crippen molar-refractivity contribution >= 4 is 45.6 Å². The number of thiophene rings is 1. The first-order chi connectivity index (χ1) is 10.1. The van der Waals surface area contributed by atoms with Gasteiger partial charge < -0.3 is 4.57 Å². The van der Waals surface area contributed by atoms with Crippen LogP contribution >= 0.6 is 34.5 Å². The average molecular weight is 339 g/mol. The molecule has 0 fully saturated rings. The van der Waals surface area contributed by atoms with Gasteiger partial charge in [0, 0.05) is 17.3 Å². The topological polar surface area (TPSA) is 17.8 Å². The fourth-order valence-corrected chi connectivity index (χ4v) is 3.85. The molecule has 0 radical (unpaired) electrons. The van der Waals surface area contributed by atoms with Crippen LogP contribution in [0.5, 0.6) is 0 Å². The molecule has 0 saturated heterocycles. The summed E-state index contributed by atoms with van der Waals surface area (Å²) in [5, 5.41) is 2.63. The van der Waals surface area contributed by atoms with E-state index < -0.39 is 0 Å². The van der Waals surface area contributed by atoms with Gasteiger partial charge in [-0.15, -0.1) is 22.9 Å². The van der Waals surface area contributed by atoms with Crippen LogP contribution in [-0.2, 0) is 6.42 Å². The molecule has 2 aromatic heterocycles. The van der Waals surface area contributed by atoms with Crippen molar-refractivity contribution in [2.75, 3.05) is 0 Å². The van der Waals surface area contributed by atoms with Crippen LogP contribution in [0.25, 0.3) is 11.0 Å². The summed E-state index contributed by atoms with van der Waals surface area (Å²) < 4.78 is 2.22. The Balaban J connectivity index is 2.10. The van der Waals surface area contributed by atoms with Gasteiger partial charge in [-0.3, -0.25) is 0 Å². The Labute approximate surface area is 138 Å². The van der Waals surface area contributed by atoms with Crippen molar-refractivity contribution in [2.24, 2.45) is 0 Å². The molecule has 5 heteroatoms. The number of rotatable bonds is 4. The molecule has 0 aliphatic heterocycles. The van der Waals surface area contributed by atoms with Crippen molar-refractivity contribution in [1.29, 1.82) is 0 Å². The molecule has 0 spiro atoms. The van der Waals surface area contributed by atoms with Gasteiger partial charge in [-0.05, 0) is 37.4 Å². The molecule has 2 nitrogen and oxygen atoms in total. The maximum absolute atomic E-state index is 6.33. The van der Waals surface area contributed by atoms with Crippen molar-refractivity contribution in [3.05, 3.63) is 51.4 Å². The van der Waals surface area contributed by atoms with Gasteiger partial charge in [0.05, 0.1) is 15.9 Å². The van der Waals surface area contributed by atoms with Crippen LogP contribution in [0.4, 0.5) is 0 Å². The van der Waals surface area contributed by atoms with E-state index in [0.29, 0.717) is 5.02 Å². The van der Waals surface area contributed by atoms with Crippen molar-refractivity contribution in [3.8, 4) is 0 Å². The zero-order valence-electron chi connectivity index (χ0n) is 11.9. The highest BCUT2D eigenvalue weighted by Gasteiger charge is 2.20. The highest BCUT2D eigenvalue weighted by atomic mass is 35.5. The van der Waals surface area contributed by atoms with Gasteiger partial charge in [-0.2, -0.15) is 0 Å². The van der Waals surface area contributed by atoms with E-state index in [1.807, 2.05) is 19.1 Å². The predicted molar refractivity (Wildman–Crippen MR) is 91.7 cm³/mol. The lowest BCUT2D eigenvalue weighted by atomic mass is 10.2. The standard InChI is InChI=1S/C16H16Cl2N2S/c1-10(9-12-5-4-8-21-12)20-14-7-3-6-13(18)15(14)19-16(20)11(2)17/h3-8,10-11H,9H2,1-2H3. The summed E-state index contributed by atoms with van der Waals surface area (Å²) in [5.41, 5.74) is 1.88. The molecule has 0 amide bonds. The number of aromatic nitrogens is 2. The Kier molecular flexibility index (Phi) is 4.25. The Morgan fingerprint density at radius 3 is 2.71 bits per heavy atom. The number of hydrogen-bond donors (Lipinski definition) is 0. The van der Waals surface area contributed by atoms with Crippen molar-refractivity contribution in [1.82, 2.24) is 9.55 Å². The number of benzene rings is 1. The van der Waals surface area contributed by atoms with E-state index in [0.717, 1.165) is 23.3 Å². The summed E-state index contributed by atoms with van der Waals surface area (Å²) in [6.07, 6.45) is 0.965. The molecule has 0 aliphatic carbocycles. The Hall–Kier alpha value is -1.03. The number of nitrogens with zero attached hydrogens (tertiary/aromatic N) is 2. The zero-order valence-corrected chi connectivity index (χ0v) is 14.2. The van der Waals surface area contributed by atoms with Crippen LogP contribution in [0.3, 0.4) is 0 Å². The molecule has 2 heterocycles. The first-order valence-corrected chi connectivity index (χ1v) is 8.60. The quantitative estimate of drug-likeness (QED) is 0.545. The molecule has 21 heavy (non-hydrogen) atoms. The lowest BCUT2D eigenvalue weighted by Gasteiger charge is -2.18. The first kappa shape index (κ1) is 14.9. The Morgan fingerprint density at radius 2 is 2.05 bits per heavy atom. The van der Waals surface area contributed by atoms with Gasteiger partial charge in [-0.25, -0.2) is 4.98 Å². The first-order valence-electron chi connectivity index (χ1n) is 6.90. The second-order valence-corrected chi connectivity index (χ2v) is 7.29. The van der Waals surface area contributed by atoms with Gasteiger partial charge >= 0.3 is 0 Å². The number of alkyl halides is 1. The summed E-state index contributed by atoms with van der Waals surface area (Å²) in [5.74, 6) is 0.879. The van der Waals surface area contributed by atoms with Crippen LogP contribution in [0.2, 0.25) is 5.02 Å². The number of imidazole rings is 1. The third-order valence-corrected chi connectivity index (χ3v) is 4.97. The number of fused-ring (bicyclic) bond motifs is 1. The molecule has 110 valence electrons. The highest BCUT2D eigenvalue weighted by molar-refractivity contribution is 7.09. The second kappa shape index (κ2) is 5.99. The van der Waals surface area contributed by atoms with Gasteiger partial charge in [0.1, 0.15) is 11.3 Å². The normalized spacial score (nSPS) is 14.5. The fourth-order valence-electron chi connectivity index (χ4n) is 2.66. The van der Waals surface area contributed by atoms with E-state index in [-0.39, 0.29) is 11.4 Å². The molecule has 0 saturated carbocycles. The van der Waals surface area contributed by atoms with Crippen LogP contribution in [-0.4, -0.2) is 9.55 Å². The molecular formula is C16H16Cl2N2S. The molecule has 3 rings (SSSR count). The van der Waals surface area contributed by atoms with E-state index >= 15 is 0 Å². The van der Waals surface area contributed by atoms with Gasteiger partial charge in [0.2, 0.25) is 0 Å². The highest BCUT2D eigenvalue weighted by Crippen LogP contribution is 2.32. The monoisotopic (exact) mass is 338 g/mol. The third kappa shape index (κ3) is 2.83. The number of hydrogen-bond acceptors (Lipinski definition) is 2. The Morgan fingerprint density at radius 1 is 1.24 bits per heavy atom. The summed E-state index contributed by atoms with van der Waals surface area (Å²) in [6.45, 7) is 4.15. The minimum absolute atomic E-state index is 0.153. The zero-order chi connectivity index (χ0) is 15.0. The largest absolute Gasteiger partial charge is 0.323 e. The average Bonchev–Trinajstić information content (AvgIpc) is 3.05. The van der Waals surface area contributed by atoms with Crippen LogP contribution < -0.4 is 0 Å². The maximum atomic E-state index is 6.33. The van der Waals surface area contributed by atoms with Crippen molar-refractivity contribution in [2.45, 2.75) is 31.7 Å². The smallest absolute Gasteiger partial charge is 0.128 e. The Bertz CT molecular complexity index is 747. The molecule has 2 unspecified atom stereocenters. The van der Waals surface area contributed by atoms with Gasteiger partial charge in [-0.1, -0.05) is 23.7 Å². The molecule has 0 N–H and O–H groups in total. The molecule has 0 aliphatic rings. The minimum atomic E-state index is -0.153. The van der Waals surface area contributed by atoms with Gasteiger partial charge in [0.25, 0.3) is 0 Å². The number of para-hydroxylation sites is 1. The maximum Gasteiger partial charge on any atom is 0.128 e. The van der Waals surface area contributed by atoms with E-state index in [1.54, 1.807) is 11.3 Å². The second-order valence-electron chi connectivity index (χ2n) is 5.20. The minimum Gasteiger partial charge on any atom is -0.323 e. The van der Waals surface area contributed by atoms with Crippen LogP contribution in [0.15, 0.2) is 35.7 Å². The molecule has 0 bridgehead atoms. The van der Waals surface area contributed by atoms with Crippen LogP contribution in [0, 0.1) is 0 Å². The van der Waals surface area contributed by atoms with Crippen molar-refractivity contribution in [3.63, 3.8) is 0 Å². The van der Waals surface area contributed by atoms with Gasteiger partial charge in [0.15, 0.2) is 0 Å². The number of halogens is 2. The van der Waals surface area contributed by atoms with Crippen molar-refractivity contribution < 1.29 is 0 Å². The predicted octanol–water partition coefficient (Wildman–Crippen LogP) is 5.85. The van der Waals surface area contributed by atoms with E-state index in [4.69, 9.17) is 23.2 Å². The summed E-state index contributed by atoms with van der Waals surface area (Å²) in [4.78, 5) is 6.03. The summed E-state index contributed by atoms with van der Waals surface area (Å²) >= 11 is 14.4. The summed E-state index contributed by atoms with van der Waals surface area (Å²) in [6, 6.07) is 10.4. The lowest BCUT2D eigenvalue weighted by molar-refractivity contribution is 0.538. The SMILES string of the molecule is CC(Cl)c1nc2c(Cl)cccc2n1C(C)Cc1cccs1. The van der Waals surface area contributed by atoms with E-state index in [1.165, 1.54) is 4.88 Å². The van der Waals surface area contributed by atoms with E-state index in [2.05, 4.69) is 40.1 Å². The molecule has 3 aromatic rings. The molecular weight excluding hydrogens is 323 g/mol. The third-order valence-electron chi connectivity index (χ3n) is 3.57. The molecule has 2 atom stereocenters. The van der Waals surface area contributed by atoms with Crippen LogP contribution in [0.1, 0.15) is 36.0 Å². The fraction of sp³-hybridized carbons (Fsp3) is 0.312.